The molecule has 1 amide bonds. The van der Waals surface area contributed by atoms with Gasteiger partial charge in [-0.1, -0.05) is 24.8 Å². The van der Waals surface area contributed by atoms with Crippen LogP contribution in [0.15, 0.2) is 55.3 Å². The van der Waals surface area contributed by atoms with Crippen molar-refractivity contribution in [2.24, 2.45) is 0 Å². The third kappa shape index (κ3) is 6.12. The standard InChI is InChI=1S/C35H44N8O3/c1-7-31(44)37-27-20-28(30(46-6)21-29(27)41(4)19-18-40(2)3)39-35-36-15-13-26(38-35)32-25-12-8-10-23-11-9-16-43(33(23)25)34(32)42-17-14-24(22-42)45-5/h7-8,10,12-13,15,20-21,24H,1,9,11,14,16-19,22H2,2-6H3,(H,37,44)(H,36,38,39). The predicted molar refractivity (Wildman–Crippen MR) is 186 cm³/mol. The molecule has 46 heavy (non-hydrogen) atoms. The maximum Gasteiger partial charge on any atom is 0.247 e. The fourth-order valence-electron chi connectivity index (χ4n) is 6.60. The van der Waals surface area contributed by atoms with Gasteiger partial charge in [0, 0.05) is 64.5 Å². The van der Waals surface area contributed by atoms with E-state index in [9.17, 15) is 4.79 Å². The molecule has 1 atom stereocenters. The van der Waals surface area contributed by atoms with Gasteiger partial charge in [0.05, 0.1) is 47.1 Å². The summed E-state index contributed by atoms with van der Waals surface area (Å²) >= 11 is 0. The maximum absolute atomic E-state index is 12.4. The summed E-state index contributed by atoms with van der Waals surface area (Å²) in [6.07, 6.45) is 6.43. The first-order valence-corrected chi connectivity index (χ1v) is 15.8. The van der Waals surface area contributed by atoms with Gasteiger partial charge in [0.2, 0.25) is 11.9 Å². The highest BCUT2D eigenvalue weighted by molar-refractivity contribution is 6.04. The van der Waals surface area contributed by atoms with Gasteiger partial charge in [0.1, 0.15) is 11.6 Å². The van der Waals surface area contributed by atoms with E-state index in [0.29, 0.717) is 23.1 Å². The first-order chi connectivity index (χ1) is 22.3. The van der Waals surface area contributed by atoms with Crippen LogP contribution in [0, 0.1) is 0 Å². The van der Waals surface area contributed by atoms with Gasteiger partial charge >= 0.3 is 0 Å². The number of methoxy groups -OCH3 is 2. The number of hydrogen-bond acceptors (Lipinski definition) is 9. The molecule has 2 aromatic carbocycles. The Bertz CT molecular complexity index is 1750. The molecule has 4 heterocycles. The lowest BCUT2D eigenvalue weighted by atomic mass is 10.0. The Balaban J connectivity index is 1.41. The number of ether oxygens (including phenoxy) is 2. The van der Waals surface area contributed by atoms with Gasteiger partial charge in [-0.25, -0.2) is 9.97 Å². The van der Waals surface area contributed by atoms with Crippen LogP contribution in [0.1, 0.15) is 18.4 Å². The molecule has 1 unspecified atom stereocenters. The number of carbonyl (C=O) groups is 1. The second-order valence-electron chi connectivity index (χ2n) is 12.2. The van der Waals surface area contributed by atoms with Crippen LogP contribution in [0.2, 0.25) is 0 Å². The summed E-state index contributed by atoms with van der Waals surface area (Å²) in [5, 5.41) is 7.56. The molecule has 0 saturated carbocycles. The Morgan fingerprint density at radius 1 is 1.13 bits per heavy atom. The monoisotopic (exact) mass is 624 g/mol. The summed E-state index contributed by atoms with van der Waals surface area (Å²) in [4.78, 5) is 28.8. The first kappa shape index (κ1) is 31.4. The fraction of sp³-hybridized carbons (Fsp3) is 0.400. The first-order valence-electron chi connectivity index (χ1n) is 15.8. The van der Waals surface area contributed by atoms with Crippen molar-refractivity contribution in [3.05, 3.63) is 60.8 Å². The SMILES string of the molecule is C=CC(=O)Nc1cc(Nc2nccc(-c3c(N4CCC(OC)C4)n4c5c(cccc35)CCC4)n2)c(OC)cc1N(C)CCN(C)C. The molecular weight excluding hydrogens is 580 g/mol. The van der Waals surface area contributed by atoms with E-state index in [0.717, 1.165) is 68.9 Å². The van der Waals surface area contributed by atoms with Crippen LogP contribution < -0.4 is 25.2 Å². The number of rotatable bonds is 12. The number of nitrogens with one attached hydrogen (secondary N) is 2. The van der Waals surface area contributed by atoms with Crippen LogP contribution in [0.5, 0.6) is 5.75 Å². The largest absolute Gasteiger partial charge is 0.494 e. The Kier molecular flexibility index (Phi) is 9.14. The van der Waals surface area contributed by atoms with Crippen LogP contribution in [0.3, 0.4) is 0 Å². The number of aromatic nitrogens is 3. The molecule has 2 aliphatic rings. The van der Waals surface area contributed by atoms with Gasteiger partial charge in [0.15, 0.2) is 0 Å². The average Bonchev–Trinajstić information content (AvgIpc) is 3.67. The van der Waals surface area contributed by atoms with Crippen LogP contribution in [-0.4, -0.2) is 93.0 Å². The van der Waals surface area contributed by atoms with Gasteiger partial charge in [-0.15, -0.1) is 0 Å². The van der Waals surface area contributed by atoms with Crippen LogP contribution in [0.25, 0.3) is 22.2 Å². The lowest BCUT2D eigenvalue weighted by Crippen LogP contribution is -2.29. The molecule has 0 radical (unpaired) electrons. The molecule has 2 aromatic heterocycles. The van der Waals surface area contributed by atoms with E-state index in [-0.39, 0.29) is 12.0 Å². The highest BCUT2D eigenvalue weighted by Gasteiger charge is 2.31. The minimum atomic E-state index is -0.296. The maximum atomic E-state index is 12.4. The number of amides is 1. The fourth-order valence-corrected chi connectivity index (χ4v) is 6.60. The number of hydrogen-bond donors (Lipinski definition) is 2. The van der Waals surface area contributed by atoms with Crippen molar-refractivity contribution in [2.45, 2.75) is 31.9 Å². The van der Waals surface area contributed by atoms with Crippen LogP contribution >= 0.6 is 0 Å². The summed E-state index contributed by atoms with van der Waals surface area (Å²) in [7, 11) is 9.49. The molecule has 0 bridgehead atoms. The van der Waals surface area contributed by atoms with Gasteiger partial charge < -0.3 is 39.4 Å². The Morgan fingerprint density at radius 2 is 1.98 bits per heavy atom. The summed E-state index contributed by atoms with van der Waals surface area (Å²) in [6.45, 7) is 7.98. The van der Waals surface area contributed by atoms with Crippen molar-refractivity contribution in [1.29, 1.82) is 0 Å². The Hall–Kier alpha value is -4.61. The smallest absolute Gasteiger partial charge is 0.247 e. The quantitative estimate of drug-likeness (QED) is 0.208. The molecule has 0 spiro atoms. The van der Waals surface area contributed by atoms with Crippen molar-refractivity contribution in [3.63, 3.8) is 0 Å². The number of likely N-dealkylation sites (N-methyl/N-ethyl adjacent to an activating group) is 2. The zero-order valence-corrected chi connectivity index (χ0v) is 27.5. The molecule has 0 aliphatic carbocycles. The second kappa shape index (κ2) is 13.4. The van der Waals surface area contributed by atoms with Gasteiger partial charge in [-0.2, -0.15) is 0 Å². The molecule has 2 N–H and O–H groups in total. The molecule has 242 valence electrons. The molecule has 2 aliphatic heterocycles. The van der Waals surface area contributed by atoms with Crippen molar-refractivity contribution < 1.29 is 14.3 Å². The minimum absolute atomic E-state index is 0.206. The van der Waals surface area contributed by atoms with Gasteiger partial charge in [0.25, 0.3) is 0 Å². The zero-order chi connectivity index (χ0) is 32.4. The van der Waals surface area contributed by atoms with E-state index in [2.05, 4.69) is 59.7 Å². The Morgan fingerprint density at radius 3 is 2.72 bits per heavy atom. The highest BCUT2D eigenvalue weighted by Crippen LogP contribution is 2.45. The van der Waals surface area contributed by atoms with E-state index in [1.165, 1.54) is 28.4 Å². The summed E-state index contributed by atoms with van der Waals surface area (Å²) in [6, 6.07) is 12.4. The van der Waals surface area contributed by atoms with Crippen molar-refractivity contribution in [2.75, 3.05) is 82.0 Å². The van der Waals surface area contributed by atoms with Crippen LogP contribution in [0.4, 0.5) is 28.8 Å². The average molecular weight is 625 g/mol. The second-order valence-corrected chi connectivity index (χ2v) is 12.2. The number of aryl methyl sites for hydroxylation is 2. The lowest BCUT2D eigenvalue weighted by molar-refractivity contribution is -0.111. The summed E-state index contributed by atoms with van der Waals surface area (Å²) < 4.78 is 14.1. The summed E-state index contributed by atoms with van der Waals surface area (Å²) in [5.41, 5.74) is 6.72. The topological polar surface area (TPSA) is 100 Å². The molecular formula is C35H44N8O3. The van der Waals surface area contributed by atoms with Gasteiger partial charge in [-0.3, -0.25) is 4.79 Å². The predicted octanol–water partition coefficient (Wildman–Crippen LogP) is 5.14. The number of carbonyl (C=O) groups excluding carboxylic acids is 1. The third-order valence-electron chi connectivity index (χ3n) is 8.96. The summed E-state index contributed by atoms with van der Waals surface area (Å²) in [5.74, 6) is 1.94. The van der Waals surface area contributed by atoms with E-state index in [1.807, 2.05) is 39.3 Å². The number of anilines is 5. The minimum Gasteiger partial charge on any atom is -0.494 e. The number of para-hydroxylation sites is 1. The van der Waals surface area contributed by atoms with Gasteiger partial charge in [-0.05, 0) is 57.1 Å². The van der Waals surface area contributed by atoms with Crippen molar-refractivity contribution in [3.8, 4) is 17.0 Å². The third-order valence-corrected chi connectivity index (χ3v) is 8.96. The van der Waals surface area contributed by atoms with Crippen molar-refractivity contribution >= 4 is 45.6 Å². The van der Waals surface area contributed by atoms with E-state index in [1.54, 1.807) is 20.4 Å². The molecule has 11 heteroatoms. The number of benzene rings is 2. The molecule has 4 aromatic rings. The molecule has 1 fully saturated rings. The van der Waals surface area contributed by atoms with Crippen LogP contribution in [-0.2, 0) is 22.5 Å². The van der Waals surface area contributed by atoms with E-state index >= 15 is 0 Å². The zero-order valence-electron chi connectivity index (χ0n) is 27.5. The van der Waals surface area contributed by atoms with Crippen molar-refractivity contribution in [1.82, 2.24) is 19.4 Å². The molecule has 1 saturated heterocycles. The molecule has 11 nitrogen and oxygen atoms in total. The van der Waals surface area contributed by atoms with E-state index < -0.39 is 0 Å². The normalized spacial score (nSPS) is 15.8. The van der Waals surface area contributed by atoms with E-state index in [4.69, 9.17) is 14.5 Å². The highest BCUT2D eigenvalue weighted by atomic mass is 16.5. The Labute approximate surface area is 270 Å². The lowest BCUT2D eigenvalue weighted by Gasteiger charge is -2.26. The molecule has 6 rings (SSSR count). The number of nitrogens with zero attached hydrogens (tertiary/aromatic N) is 6.